The smallest absolute Gasteiger partial charge is 0.139 e. The van der Waals surface area contributed by atoms with E-state index in [1.165, 1.54) is 0 Å². The summed E-state index contributed by atoms with van der Waals surface area (Å²) in [7, 11) is 1.66. The van der Waals surface area contributed by atoms with E-state index in [1.54, 1.807) is 19.4 Å². The SMILES string of the molecule is COc1cccc(-c2cc3c(Cl)ccnc3[nH]2)c1. The number of rotatable bonds is 2. The molecule has 3 aromatic rings. The highest BCUT2D eigenvalue weighted by molar-refractivity contribution is 6.35. The van der Waals surface area contributed by atoms with Gasteiger partial charge in [-0.25, -0.2) is 4.98 Å². The van der Waals surface area contributed by atoms with Crippen LogP contribution in [0.5, 0.6) is 5.75 Å². The number of pyridine rings is 1. The number of hydrogen-bond acceptors (Lipinski definition) is 2. The minimum atomic E-state index is 0.699. The molecule has 3 rings (SSSR count). The van der Waals surface area contributed by atoms with Gasteiger partial charge >= 0.3 is 0 Å². The summed E-state index contributed by atoms with van der Waals surface area (Å²) in [5.74, 6) is 0.824. The molecule has 0 bridgehead atoms. The molecule has 0 spiro atoms. The molecule has 4 heteroatoms. The molecule has 0 atom stereocenters. The number of methoxy groups -OCH3 is 1. The van der Waals surface area contributed by atoms with Crippen molar-refractivity contribution in [3.05, 3.63) is 47.6 Å². The Labute approximate surface area is 109 Å². The van der Waals surface area contributed by atoms with E-state index in [0.717, 1.165) is 28.0 Å². The molecule has 0 saturated carbocycles. The predicted octanol–water partition coefficient (Wildman–Crippen LogP) is 3.89. The number of fused-ring (bicyclic) bond motifs is 1. The number of nitrogens with zero attached hydrogens (tertiary/aromatic N) is 1. The third-order valence-electron chi connectivity index (χ3n) is 2.86. The van der Waals surface area contributed by atoms with Crippen LogP contribution in [0.4, 0.5) is 0 Å². The normalized spacial score (nSPS) is 10.8. The molecule has 0 radical (unpaired) electrons. The molecule has 3 nitrogen and oxygen atoms in total. The maximum absolute atomic E-state index is 6.13. The number of nitrogens with one attached hydrogen (secondary N) is 1. The lowest BCUT2D eigenvalue weighted by atomic mass is 10.1. The highest BCUT2D eigenvalue weighted by Gasteiger charge is 2.07. The van der Waals surface area contributed by atoms with Gasteiger partial charge in [-0.3, -0.25) is 0 Å². The molecule has 0 saturated heterocycles. The van der Waals surface area contributed by atoms with E-state index in [2.05, 4.69) is 9.97 Å². The van der Waals surface area contributed by atoms with Crippen molar-refractivity contribution in [2.75, 3.05) is 7.11 Å². The van der Waals surface area contributed by atoms with Crippen molar-refractivity contribution < 1.29 is 4.74 Å². The fourth-order valence-electron chi connectivity index (χ4n) is 1.94. The summed E-state index contributed by atoms with van der Waals surface area (Å²) in [4.78, 5) is 7.51. The van der Waals surface area contributed by atoms with Crippen molar-refractivity contribution in [3.63, 3.8) is 0 Å². The zero-order valence-corrected chi connectivity index (χ0v) is 10.5. The lowest BCUT2D eigenvalue weighted by Crippen LogP contribution is -1.83. The van der Waals surface area contributed by atoms with Crippen LogP contribution in [0, 0.1) is 0 Å². The van der Waals surface area contributed by atoms with E-state index in [1.807, 2.05) is 30.3 Å². The minimum absolute atomic E-state index is 0.699. The van der Waals surface area contributed by atoms with Crippen LogP contribution < -0.4 is 4.74 Å². The molecule has 0 fully saturated rings. The minimum Gasteiger partial charge on any atom is -0.497 e. The number of aromatic amines is 1. The van der Waals surface area contributed by atoms with Crippen molar-refractivity contribution in [2.45, 2.75) is 0 Å². The number of ether oxygens (including phenoxy) is 1. The van der Waals surface area contributed by atoms with Gasteiger partial charge in [0.15, 0.2) is 0 Å². The maximum atomic E-state index is 6.13. The van der Waals surface area contributed by atoms with Gasteiger partial charge in [0.1, 0.15) is 11.4 Å². The second-order valence-electron chi connectivity index (χ2n) is 3.97. The molecule has 2 heterocycles. The van der Waals surface area contributed by atoms with Crippen LogP contribution in [0.15, 0.2) is 42.6 Å². The molecule has 90 valence electrons. The summed E-state index contributed by atoms with van der Waals surface area (Å²) in [6.07, 6.45) is 1.69. The van der Waals surface area contributed by atoms with Crippen molar-refractivity contribution >= 4 is 22.6 Å². The van der Waals surface area contributed by atoms with Crippen LogP contribution in [0.25, 0.3) is 22.3 Å². The van der Waals surface area contributed by atoms with Gasteiger partial charge in [0.05, 0.1) is 12.1 Å². The first kappa shape index (κ1) is 11.1. The summed E-state index contributed by atoms with van der Waals surface area (Å²) < 4.78 is 5.22. The molecule has 0 amide bonds. The van der Waals surface area contributed by atoms with Gasteiger partial charge in [0.2, 0.25) is 0 Å². The van der Waals surface area contributed by atoms with Crippen molar-refractivity contribution in [3.8, 4) is 17.0 Å². The van der Waals surface area contributed by atoms with E-state index in [9.17, 15) is 0 Å². The van der Waals surface area contributed by atoms with Crippen LogP contribution in [-0.4, -0.2) is 17.1 Å². The summed E-state index contributed by atoms with van der Waals surface area (Å²) in [6.45, 7) is 0. The Morgan fingerprint density at radius 2 is 2.11 bits per heavy atom. The average Bonchev–Trinajstić information content (AvgIpc) is 2.84. The molecule has 18 heavy (non-hydrogen) atoms. The fraction of sp³-hybridized carbons (Fsp3) is 0.0714. The second-order valence-corrected chi connectivity index (χ2v) is 4.38. The van der Waals surface area contributed by atoms with Gasteiger partial charge < -0.3 is 9.72 Å². The Kier molecular flexibility index (Phi) is 2.68. The molecule has 1 aromatic carbocycles. The first-order valence-corrected chi connectivity index (χ1v) is 5.93. The fourth-order valence-corrected chi connectivity index (χ4v) is 2.14. The molecule has 1 N–H and O–H groups in total. The van der Waals surface area contributed by atoms with E-state index in [0.29, 0.717) is 5.02 Å². The Bertz CT molecular complexity index is 706. The molecule has 2 aromatic heterocycles. The van der Waals surface area contributed by atoms with Crippen molar-refractivity contribution in [1.82, 2.24) is 9.97 Å². The molecular weight excluding hydrogens is 248 g/mol. The van der Waals surface area contributed by atoms with Crippen molar-refractivity contribution in [1.29, 1.82) is 0 Å². The molecule has 0 unspecified atom stereocenters. The van der Waals surface area contributed by atoms with Crippen LogP contribution in [0.2, 0.25) is 5.02 Å². The summed E-state index contributed by atoms with van der Waals surface area (Å²) in [5, 5.41) is 1.63. The van der Waals surface area contributed by atoms with Crippen molar-refractivity contribution in [2.24, 2.45) is 0 Å². The van der Waals surface area contributed by atoms with Gasteiger partial charge in [-0.1, -0.05) is 23.7 Å². The average molecular weight is 259 g/mol. The Morgan fingerprint density at radius 1 is 1.22 bits per heavy atom. The van der Waals surface area contributed by atoms with Gasteiger partial charge in [0.25, 0.3) is 0 Å². The maximum Gasteiger partial charge on any atom is 0.139 e. The number of aromatic nitrogens is 2. The molecular formula is C14H11ClN2O. The quantitative estimate of drug-likeness (QED) is 0.757. The van der Waals surface area contributed by atoms with E-state index < -0.39 is 0 Å². The van der Waals surface area contributed by atoms with Crippen LogP contribution in [-0.2, 0) is 0 Å². The highest BCUT2D eigenvalue weighted by atomic mass is 35.5. The summed E-state index contributed by atoms with van der Waals surface area (Å²) in [6, 6.07) is 11.6. The number of halogens is 1. The summed E-state index contributed by atoms with van der Waals surface area (Å²) >= 11 is 6.13. The Balaban J connectivity index is 2.16. The lowest BCUT2D eigenvalue weighted by molar-refractivity contribution is 0.415. The molecule has 0 aliphatic carbocycles. The highest BCUT2D eigenvalue weighted by Crippen LogP contribution is 2.29. The van der Waals surface area contributed by atoms with Crippen LogP contribution in [0.3, 0.4) is 0 Å². The predicted molar refractivity (Wildman–Crippen MR) is 73.1 cm³/mol. The van der Waals surface area contributed by atoms with Crippen LogP contribution in [0.1, 0.15) is 0 Å². The number of hydrogen-bond donors (Lipinski definition) is 1. The molecule has 0 aliphatic heterocycles. The third-order valence-corrected chi connectivity index (χ3v) is 3.19. The largest absolute Gasteiger partial charge is 0.497 e. The zero-order valence-electron chi connectivity index (χ0n) is 9.77. The Hall–Kier alpha value is -2.00. The van der Waals surface area contributed by atoms with E-state index >= 15 is 0 Å². The van der Waals surface area contributed by atoms with Gasteiger partial charge in [0, 0.05) is 22.8 Å². The van der Waals surface area contributed by atoms with Gasteiger partial charge in [-0.15, -0.1) is 0 Å². The second kappa shape index (κ2) is 4.35. The standard InChI is InChI=1S/C14H11ClN2O/c1-18-10-4-2-3-9(7-10)13-8-11-12(15)5-6-16-14(11)17-13/h2-8H,1H3,(H,16,17). The van der Waals surface area contributed by atoms with Gasteiger partial charge in [-0.2, -0.15) is 0 Å². The van der Waals surface area contributed by atoms with E-state index in [4.69, 9.17) is 16.3 Å². The Morgan fingerprint density at radius 3 is 2.89 bits per heavy atom. The first-order valence-electron chi connectivity index (χ1n) is 5.55. The molecule has 0 aliphatic rings. The topological polar surface area (TPSA) is 37.9 Å². The number of H-pyrrole nitrogens is 1. The monoisotopic (exact) mass is 258 g/mol. The third kappa shape index (κ3) is 1.83. The van der Waals surface area contributed by atoms with E-state index in [-0.39, 0.29) is 0 Å². The first-order chi connectivity index (χ1) is 8.78. The number of benzene rings is 1. The zero-order chi connectivity index (χ0) is 12.5. The van der Waals surface area contributed by atoms with Crippen LogP contribution >= 0.6 is 11.6 Å². The van der Waals surface area contributed by atoms with Gasteiger partial charge in [-0.05, 0) is 24.3 Å². The summed E-state index contributed by atoms with van der Waals surface area (Å²) in [5.41, 5.74) is 2.81. The lowest BCUT2D eigenvalue weighted by Gasteiger charge is -2.01.